The van der Waals surface area contributed by atoms with E-state index in [2.05, 4.69) is 12.6 Å². The largest absolute Gasteiger partial charge is 0.480 e. The lowest BCUT2D eigenvalue weighted by molar-refractivity contribution is -0.165. The fraction of sp³-hybridized carbons (Fsp3) is 0.867. The molecule has 1 amide bonds. The van der Waals surface area contributed by atoms with Crippen molar-refractivity contribution >= 4 is 24.5 Å². The Hall–Kier alpha value is -0.710. The zero-order valence-electron chi connectivity index (χ0n) is 11.9. The molecule has 4 saturated carbocycles. The molecule has 4 aliphatic rings. The Morgan fingerprint density at radius 1 is 1.20 bits per heavy atom. The first kappa shape index (κ1) is 14.2. The van der Waals surface area contributed by atoms with Gasteiger partial charge in [-0.15, -0.1) is 0 Å². The summed E-state index contributed by atoms with van der Waals surface area (Å²) in [6, 6.07) is -0.785. The predicted molar refractivity (Wildman–Crippen MR) is 78.7 cm³/mol. The molecule has 0 aromatic carbocycles. The highest BCUT2D eigenvalue weighted by molar-refractivity contribution is 7.80. The number of hydrogen-bond acceptors (Lipinski definition) is 3. The number of carboxylic acid groups (broad SMARTS) is 1. The molecule has 0 heterocycles. The van der Waals surface area contributed by atoms with Gasteiger partial charge in [-0.3, -0.25) is 4.79 Å². The number of rotatable bonds is 4. The van der Waals surface area contributed by atoms with Crippen LogP contribution in [0.15, 0.2) is 0 Å². The van der Waals surface area contributed by atoms with E-state index in [1.807, 2.05) is 0 Å². The van der Waals surface area contributed by atoms with E-state index in [-0.39, 0.29) is 17.2 Å². The summed E-state index contributed by atoms with van der Waals surface area (Å²) in [6.45, 7) is 1.51. The van der Waals surface area contributed by atoms with Gasteiger partial charge in [0, 0.05) is 18.2 Å². The fourth-order valence-corrected chi connectivity index (χ4v) is 5.83. The molecule has 20 heavy (non-hydrogen) atoms. The maximum Gasteiger partial charge on any atom is 0.327 e. The molecule has 1 atom stereocenters. The van der Waals surface area contributed by atoms with Gasteiger partial charge in [-0.2, -0.15) is 12.6 Å². The average Bonchev–Trinajstić information content (AvgIpc) is 2.32. The first-order valence-corrected chi connectivity index (χ1v) is 8.22. The van der Waals surface area contributed by atoms with Gasteiger partial charge in [-0.05, 0) is 56.3 Å². The van der Waals surface area contributed by atoms with Crippen molar-refractivity contribution in [3.05, 3.63) is 0 Å². The molecule has 0 radical (unpaired) electrons. The predicted octanol–water partition coefficient (Wildman–Crippen LogP) is 2.19. The van der Waals surface area contributed by atoms with Crippen LogP contribution in [0.2, 0.25) is 0 Å². The molecule has 0 aromatic heterocycles. The smallest absolute Gasteiger partial charge is 0.327 e. The zero-order chi connectivity index (χ0) is 14.5. The number of carboxylic acids is 1. The second-order valence-electron chi connectivity index (χ2n) is 7.07. The van der Waals surface area contributed by atoms with Crippen molar-refractivity contribution < 1.29 is 14.7 Å². The summed E-state index contributed by atoms with van der Waals surface area (Å²) in [5, 5.41) is 9.45. The standard InChI is InChI=1S/C15H23NO3S/c1-9(17)16(13(8-20)14(18)19)15-5-10-2-11(6-15)4-12(3-10)7-15/h10-13,20H,2-8H2,1H3,(H,18,19)/t10?,11?,12?,13-,15?/m0/s1. The molecule has 0 aromatic rings. The number of thiol groups is 1. The van der Waals surface area contributed by atoms with E-state index < -0.39 is 12.0 Å². The van der Waals surface area contributed by atoms with Crippen molar-refractivity contribution in [1.82, 2.24) is 4.90 Å². The lowest BCUT2D eigenvalue weighted by Gasteiger charge is -2.61. The maximum atomic E-state index is 12.2. The Kier molecular flexibility index (Phi) is 3.51. The van der Waals surface area contributed by atoms with Gasteiger partial charge >= 0.3 is 5.97 Å². The molecule has 0 saturated heterocycles. The van der Waals surface area contributed by atoms with Gasteiger partial charge < -0.3 is 10.0 Å². The van der Waals surface area contributed by atoms with Crippen LogP contribution in [0.25, 0.3) is 0 Å². The molecule has 0 unspecified atom stereocenters. The third kappa shape index (κ3) is 2.14. The van der Waals surface area contributed by atoms with Crippen molar-refractivity contribution in [2.45, 2.75) is 57.0 Å². The average molecular weight is 297 g/mol. The summed E-state index contributed by atoms with van der Waals surface area (Å²) >= 11 is 4.18. The van der Waals surface area contributed by atoms with Gasteiger partial charge in [0.2, 0.25) is 5.91 Å². The number of nitrogens with zero attached hydrogens (tertiary/aromatic N) is 1. The van der Waals surface area contributed by atoms with Crippen LogP contribution in [0.5, 0.6) is 0 Å². The van der Waals surface area contributed by atoms with Gasteiger partial charge in [-0.1, -0.05) is 0 Å². The molecule has 4 fully saturated rings. The van der Waals surface area contributed by atoms with E-state index in [0.717, 1.165) is 19.3 Å². The van der Waals surface area contributed by atoms with Gasteiger partial charge in [-0.25, -0.2) is 4.79 Å². The van der Waals surface area contributed by atoms with Crippen molar-refractivity contribution in [2.24, 2.45) is 17.8 Å². The summed E-state index contributed by atoms with van der Waals surface area (Å²) in [5.74, 6) is 1.24. The summed E-state index contributed by atoms with van der Waals surface area (Å²) in [7, 11) is 0. The minimum Gasteiger partial charge on any atom is -0.480 e. The van der Waals surface area contributed by atoms with E-state index in [9.17, 15) is 14.7 Å². The second kappa shape index (κ2) is 4.93. The van der Waals surface area contributed by atoms with Gasteiger partial charge in [0.15, 0.2) is 0 Å². The van der Waals surface area contributed by atoms with Crippen LogP contribution < -0.4 is 0 Å². The Balaban J connectivity index is 1.94. The highest BCUT2D eigenvalue weighted by atomic mass is 32.1. The first-order chi connectivity index (χ1) is 9.45. The highest BCUT2D eigenvalue weighted by Gasteiger charge is 2.56. The number of carbonyl (C=O) groups is 2. The highest BCUT2D eigenvalue weighted by Crippen LogP contribution is 2.58. The van der Waals surface area contributed by atoms with E-state index in [1.165, 1.54) is 26.2 Å². The van der Waals surface area contributed by atoms with Crippen LogP contribution in [0, 0.1) is 17.8 Å². The van der Waals surface area contributed by atoms with E-state index in [0.29, 0.717) is 17.8 Å². The lowest BCUT2D eigenvalue weighted by Crippen LogP contribution is -2.65. The Morgan fingerprint density at radius 3 is 1.95 bits per heavy atom. The summed E-state index contributed by atoms with van der Waals surface area (Å²) in [5.41, 5.74) is -0.202. The first-order valence-electron chi connectivity index (χ1n) is 7.59. The van der Waals surface area contributed by atoms with E-state index in [1.54, 1.807) is 4.90 Å². The fourth-order valence-electron chi connectivity index (χ4n) is 5.51. The third-order valence-corrected chi connectivity index (χ3v) is 5.97. The van der Waals surface area contributed by atoms with Crippen LogP contribution in [0.3, 0.4) is 0 Å². The van der Waals surface area contributed by atoms with Crippen molar-refractivity contribution in [2.75, 3.05) is 5.75 Å². The second-order valence-corrected chi connectivity index (χ2v) is 7.43. The van der Waals surface area contributed by atoms with Crippen molar-refractivity contribution in [1.29, 1.82) is 0 Å². The molecule has 1 N–H and O–H groups in total. The molecule has 4 rings (SSSR count). The molecule has 5 heteroatoms. The Morgan fingerprint density at radius 2 is 1.65 bits per heavy atom. The van der Waals surface area contributed by atoms with Crippen LogP contribution in [-0.2, 0) is 9.59 Å². The summed E-state index contributed by atoms with van der Waals surface area (Å²) in [6.07, 6.45) is 6.83. The molecular weight excluding hydrogens is 274 g/mol. The third-order valence-electron chi connectivity index (χ3n) is 5.63. The lowest BCUT2D eigenvalue weighted by atomic mass is 9.52. The van der Waals surface area contributed by atoms with Crippen LogP contribution in [0.1, 0.15) is 45.4 Å². The molecule has 112 valence electrons. The minimum atomic E-state index is -0.925. The van der Waals surface area contributed by atoms with Crippen molar-refractivity contribution in [3.63, 3.8) is 0 Å². The monoisotopic (exact) mass is 297 g/mol. The maximum absolute atomic E-state index is 12.2. The van der Waals surface area contributed by atoms with Gasteiger partial charge in [0.25, 0.3) is 0 Å². The molecule has 4 nitrogen and oxygen atoms in total. The zero-order valence-corrected chi connectivity index (χ0v) is 12.8. The van der Waals surface area contributed by atoms with Gasteiger partial charge in [0.05, 0.1) is 0 Å². The minimum absolute atomic E-state index is 0.103. The number of carbonyl (C=O) groups excluding carboxylic acids is 1. The number of aliphatic carboxylic acids is 1. The van der Waals surface area contributed by atoms with Gasteiger partial charge in [0.1, 0.15) is 6.04 Å². The molecule has 0 aliphatic heterocycles. The van der Waals surface area contributed by atoms with Crippen LogP contribution in [0.4, 0.5) is 0 Å². The Labute approximate surface area is 125 Å². The quantitative estimate of drug-likeness (QED) is 0.782. The molecule has 4 aliphatic carbocycles. The van der Waals surface area contributed by atoms with Crippen molar-refractivity contribution in [3.8, 4) is 0 Å². The molecule has 4 bridgehead atoms. The normalized spacial score (nSPS) is 39.6. The summed E-state index contributed by atoms with van der Waals surface area (Å²) < 4.78 is 0. The Bertz CT molecular complexity index is 402. The van der Waals surface area contributed by atoms with E-state index in [4.69, 9.17) is 0 Å². The molecular formula is C15H23NO3S. The SMILES string of the molecule is CC(=O)N([C@@H](CS)C(=O)O)C12CC3CC(CC(C3)C1)C2. The summed E-state index contributed by atoms with van der Waals surface area (Å²) in [4.78, 5) is 25.4. The topological polar surface area (TPSA) is 57.6 Å². The van der Waals surface area contributed by atoms with Crippen LogP contribution in [-0.4, -0.2) is 39.2 Å². The number of amides is 1. The van der Waals surface area contributed by atoms with E-state index >= 15 is 0 Å². The number of hydrogen-bond donors (Lipinski definition) is 2. The van der Waals surface area contributed by atoms with Crippen LogP contribution >= 0.6 is 12.6 Å². The molecule has 0 spiro atoms.